The summed E-state index contributed by atoms with van der Waals surface area (Å²) in [4.78, 5) is 17.9. The van der Waals surface area contributed by atoms with E-state index >= 15 is 0 Å². The van der Waals surface area contributed by atoms with Crippen LogP contribution >= 0.6 is 27.3 Å². The van der Waals surface area contributed by atoms with Crippen LogP contribution in [0.25, 0.3) is 0 Å². The van der Waals surface area contributed by atoms with Crippen LogP contribution in [0.1, 0.15) is 17.4 Å². The number of fused-ring (bicyclic) bond motifs is 1. The van der Waals surface area contributed by atoms with Gasteiger partial charge in [0.1, 0.15) is 0 Å². The van der Waals surface area contributed by atoms with Gasteiger partial charge in [0.25, 0.3) is 0 Å². The van der Waals surface area contributed by atoms with E-state index in [9.17, 15) is 13.2 Å². The molecule has 0 unspecified atom stereocenters. The molecular weight excluding hydrogens is 438 g/mol. The third-order valence-electron chi connectivity index (χ3n) is 4.39. The lowest BCUT2D eigenvalue weighted by molar-refractivity contribution is -0.119. The van der Waals surface area contributed by atoms with Gasteiger partial charge >= 0.3 is 0 Å². The number of anilines is 1. The molecule has 0 radical (unpaired) electrons. The van der Waals surface area contributed by atoms with E-state index in [4.69, 9.17) is 5.14 Å². The maximum absolute atomic E-state index is 12.8. The molecule has 0 atom stereocenters. The van der Waals surface area contributed by atoms with E-state index in [1.54, 1.807) is 28.4 Å². The lowest BCUT2D eigenvalue weighted by Gasteiger charge is -2.24. The van der Waals surface area contributed by atoms with Crippen LogP contribution in [0.2, 0.25) is 0 Å². The lowest BCUT2D eigenvalue weighted by Crippen LogP contribution is -2.39. The van der Waals surface area contributed by atoms with Gasteiger partial charge in [0.15, 0.2) is 0 Å². The summed E-state index contributed by atoms with van der Waals surface area (Å²) in [6.45, 7) is 4.41. The number of rotatable bonds is 6. The fourth-order valence-electron chi connectivity index (χ4n) is 3.03. The summed E-state index contributed by atoms with van der Waals surface area (Å²) in [5.74, 6) is 0.0181. The number of nitrogens with two attached hydrogens (primary N) is 1. The number of sulfonamides is 1. The SMILES string of the molecule is CCN(CC(=O)N1CCc2cc(S(N)(=O)=O)ccc21)Cc1ccc(Br)s1. The molecule has 0 saturated heterocycles. The molecule has 2 heterocycles. The molecule has 1 aromatic carbocycles. The van der Waals surface area contributed by atoms with Crippen molar-refractivity contribution in [2.75, 3.05) is 24.5 Å². The Hall–Kier alpha value is -1.26. The van der Waals surface area contributed by atoms with Gasteiger partial charge in [-0.3, -0.25) is 9.69 Å². The average Bonchev–Trinajstić information content (AvgIpc) is 3.18. The van der Waals surface area contributed by atoms with Crippen molar-refractivity contribution in [2.45, 2.75) is 24.8 Å². The highest BCUT2D eigenvalue weighted by molar-refractivity contribution is 9.11. The van der Waals surface area contributed by atoms with E-state index in [2.05, 4.69) is 26.9 Å². The van der Waals surface area contributed by atoms with Gasteiger partial charge in [0.05, 0.1) is 15.2 Å². The molecule has 6 nitrogen and oxygen atoms in total. The fraction of sp³-hybridized carbons (Fsp3) is 0.353. The van der Waals surface area contributed by atoms with Crippen molar-refractivity contribution in [1.82, 2.24) is 4.90 Å². The summed E-state index contributed by atoms with van der Waals surface area (Å²) in [6, 6.07) is 8.77. The van der Waals surface area contributed by atoms with Crippen molar-refractivity contribution in [3.8, 4) is 0 Å². The Balaban J connectivity index is 1.71. The first-order chi connectivity index (χ1) is 12.3. The van der Waals surface area contributed by atoms with Crippen LogP contribution in [0.4, 0.5) is 5.69 Å². The van der Waals surface area contributed by atoms with Gasteiger partial charge in [-0.25, -0.2) is 13.6 Å². The van der Waals surface area contributed by atoms with Crippen LogP contribution in [0.15, 0.2) is 39.0 Å². The Morgan fingerprint density at radius 1 is 1.35 bits per heavy atom. The van der Waals surface area contributed by atoms with Crippen LogP contribution in [0.5, 0.6) is 0 Å². The number of hydrogen-bond acceptors (Lipinski definition) is 5. The van der Waals surface area contributed by atoms with Crippen LogP contribution in [-0.4, -0.2) is 38.9 Å². The van der Waals surface area contributed by atoms with Gasteiger partial charge in [-0.05, 0) is 64.8 Å². The first kappa shape index (κ1) is 19.5. The zero-order valence-electron chi connectivity index (χ0n) is 14.3. The zero-order valence-corrected chi connectivity index (χ0v) is 17.5. The smallest absolute Gasteiger partial charge is 0.241 e. The first-order valence-electron chi connectivity index (χ1n) is 8.20. The second-order valence-electron chi connectivity index (χ2n) is 6.14. The first-order valence-corrected chi connectivity index (χ1v) is 11.4. The fourth-order valence-corrected chi connectivity index (χ4v) is 5.12. The summed E-state index contributed by atoms with van der Waals surface area (Å²) in [7, 11) is -3.73. The van der Waals surface area contributed by atoms with E-state index in [1.165, 1.54) is 10.9 Å². The van der Waals surface area contributed by atoms with Gasteiger partial charge in [-0.2, -0.15) is 0 Å². The number of hydrogen-bond donors (Lipinski definition) is 1. The van der Waals surface area contributed by atoms with Crippen LogP contribution in [-0.2, 0) is 27.8 Å². The molecule has 1 amide bonds. The molecule has 2 N–H and O–H groups in total. The third kappa shape index (κ3) is 4.34. The van der Waals surface area contributed by atoms with Gasteiger partial charge in [-0.15, -0.1) is 11.3 Å². The Morgan fingerprint density at radius 3 is 2.73 bits per heavy atom. The predicted molar refractivity (Wildman–Crippen MR) is 107 cm³/mol. The van der Waals surface area contributed by atoms with E-state index in [0.29, 0.717) is 19.5 Å². The molecule has 26 heavy (non-hydrogen) atoms. The average molecular weight is 458 g/mol. The number of carbonyl (C=O) groups excluding carboxylic acids is 1. The predicted octanol–water partition coefficient (Wildman–Crippen LogP) is 2.57. The van der Waals surface area contributed by atoms with E-state index in [1.807, 2.05) is 13.0 Å². The molecule has 3 rings (SSSR count). The third-order valence-corrected chi connectivity index (χ3v) is 6.91. The van der Waals surface area contributed by atoms with E-state index in [-0.39, 0.29) is 10.8 Å². The molecule has 0 bridgehead atoms. The highest BCUT2D eigenvalue weighted by Gasteiger charge is 2.27. The maximum Gasteiger partial charge on any atom is 0.241 e. The van der Waals surface area contributed by atoms with Crippen LogP contribution in [0.3, 0.4) is 0 Å². The molecule has 0 aliphatic carbocycles. The number of amides is 1. The summed E-state index contributed by atoms with van der Waals surface area (Å²) in [6.07, 6.45) is 0.633. The number of halogens is 1. The molecule has 0 fully saturated rings. The summed E-state index contributed by atoms with van der Waals surface area (Å²) in [5.41, 5.74) is 1.62. The molecule has 0 saturated carbocycles. The van der Waals surface area contributed by atoms with Crippen molar-refractivity contribution in [3.63, 3.8) is 0 Å². The topological polar surface area (TPSA) is 83.7 Å². The highest BCUT2D eigenvalue weighted by atomic mass is 79.9. The Labute approximate surface area is 165 Å². The molecule has 1 aromatic heterocycles. The minimum absolute atomic E-state index is 0.0181. The van der Waals surface area contributed by atoms with Crippen LogP contribution in [0, 0.1) is 0 Å². The van der Waals surface area contributed by atoms with Gasteiger partial charge in [0, 0.05) is 23.7 Å². The number of likely N-dealkylation sites (N-methyl/N-ethyl adjacent to an activating group) is 1. The van der Waals surface area contributed by atoms with Gasteiger partial charge in [0.2, 0.25) is 15.9 Å². The molecule has 2 aromatic rings. The summed E-state index contributed by atoms with van der Waals surface area (Å²) in [5, 5.41) is 5.19. The Morgan fingerprint density at radius 2 is 2.12 bits per heavy atom. The number of benzene rings is 1. The monoisotopic (exact) mass is 457 g/mol. The van der Waals surface area contributed by atoms with Crippen molar-refractivity contribution in [3.05, 3.63) is 44.6 Å². The minimum Gasteiger partial charge on any atom is -0.311 e. The quantitative estimate of drug-likeness (QED) is 0.722. The normalized spacial score (nSPS) is 14.1. The standard InChI is InChI=1S/C17H20BrN3O3S2/c1-2-20(10-13-3-6-16(18)25-13)11-17(22)21-8-7-12-9-14(26(19,23)24)4-5-15(12)21/h3-6,9H,2,7-8,10-11H2,1H3,(H2,19,23,24). The maximum atomic E-state index is 12.8. The van der Waals surface area contributed by atoms with Gasteiger partial charge < -0.3 is 4.90 Å². The second kappa shape index (κ2) is 7.77. The van der Waals surface area contributed by atoms with Crippen molar-refractivity contribution < 1.29 is 13.2 Å². The number of carbonyl (C=O) groups is 1. The number of primary sulfonamides is 1. The zero-order chi connectivity index (χ0) is 18.9. The van der Waals surface area contributed by atoms with E-state index < -0.39 is 10.0 Å². The van der Waals surface area contributed by atoms with E-state index in [0.717, 1.165) is 28.1 Å². The Bertz CT molecular complexity index is 927. The lowest BCUT2D eigenvalue weighted by atomic mass is 10.2. The van der Waals surface area contributed by atoms with Gasteiger partial charge in [-0.1, -0.05) is 6.92 Å². The highest BCUT2D eigenvalue weighted by Crippen LogP contribution is 2.30. The largest absolute Gasteiger partial charge is 0.311 e. The molecule has 140 valence electrons. The molecule has 0 spiro atoms. The Kier molecular flexibility index (Phi) is 5.83. The van der Waals surface area contributed by atoms with Crippen LogP contribution < -0.4 is 10.0 Å². The molecule has 9 heteroatoms. The molecule has 1 aliphatic rings. The second-order valence-corrected chi connectivity index (χ2v) is 10.2. The van der Waals surface area contributed by atoms with Crippen molar-refractivity contribution in [1.29, 1.82) is 0 Å². The summed E-state index contributed by atoms with van der Waals surface area (Å²) >= 11 is 5.12. The number of nitrogens with zero attached hydrogens (tertiary/aromatic N) is 2. The van der Waals surface area contributed by atoms with Crippen molar-refractivity contribution >= 4 is 48.9 Å². The molecule has 1 aliphatic heterocycles. The molecular formula is C17H20BrN3O3S2. The van der Waals surface area contributed by atoms with Crippen molar-refractivity contribution in [2.24, 2.45) is 5.14 Å². The summed E-state index contributed by atoms with van der Waals surface area (Å²) < 4.78 is 24.1. The number of thiophene rings is 1. The minimum atomic E-state index is -3.73.